The SMILES string of the molecule is Cc1cc(NC(=O)CSc2nnc(N3CCC(C)CC3)n2C2CC2)no1. The van der Waals surface area contributed by atoms with Crippen LogP contribution in [0, 0.1) is 12.8 Å². The second-order valence-electron chi connectivity index (χ2n) is 7.21. The zero-order chi connectivity index (χ0) is 18.1. The van der Waals surface area contributed by atoms with E-state index in [1.54, 1.807) is 13.0 Å². The van der Waals surface area contributed by atoms with E-state index in [4.69, 9.17) is 4.52 Å². The van der Waals surface area contributed by atoms with Gasteiger partial charge >= 0.3 is 0 Å². The van der Waals surface area contributed by atoms with Crippen molar-refractivity contribution in [2.24, 2.45) is 5.92 Å². The van der Waals surface area contributed by atoms with Gasteiger partial charge in [0.05, 0.1) is 5.75 Å². The second kappa shape index (κ2) is 7.30. The van der Waals surface area contributed by atoms with Gasteiger partial charge in [0, 0.05) is 25.2 Å². The normalized spacial score (nSPS) is 18.3. The van der Waals surface area contributed by atoms with Crippen LogP contribution in [0.5, 0.6) is 0 Å². The maximum atomic E-state index is 12.2. The second-order valence-corrected chi connectivity index (χ2v) is 8.16. The van der Waals surface area contributed by atoms with Crippen LogP contribution in [0.1, 0.15) is 44.4 Å². The van der Waals surface area contributed by atoms with Crippen molar-refractivity contribution in [1.29, 1.82) is 0 Å². The number of rotatable bonds is 6. The molecule has 1 N–H and O–H groups in total. The van der Waals surface area contributed by atoms with Gasteiger partial charge in [-0.1, -0.05) is 23.8 Å². The molecular weight excluding hydrogens is 352 g/mol. The van der Waals surface area contributed by atoms with Crippen molar-refractivity contribution < 1.29 is 9.32 Å². The number of nitrogens with zero attached hydrogens (tertiary/aromatic N) is 5. The third kappa shape index (κ3) is 3.87. The average Bonchev–Trinajstić information content (AvgIpc) is 3.25. The number of carbonyl (C=O) groups is 1. The standard InChI is InChI=1S/C17H24N6O2S/c1-11-5-7-22(8-6-11)16-19-20-17(23(16)13-3-4-13)26-10-15(24)18-14-9-12(2)25-21-14/h9,11,13H,3-8,10H2,1-2H3,(H,18,21,24). The maximum absolute atomic E-state index is 12.2. The average molecular weight is 376 g/mol. The quantitative estimate of drug-likeness (QED) is 0.775. The fourth-order valence-corrected chi connectivity index (χ4v) is 3.98. The van der Waals surface area contributed by atoms with E-state index in [0.717, 1.165) is 43.0 Å². The Morgan fingerprint density at radius 3 is 2.73 bits per heavy atom. The number of aromatic nitrogens is 4. The molecule has 140 valence electrons. The highest BCUT2D eigenvalue weighted by molar-refractivity contribution is 7.99. The number of piperidine rings is 1. The number of nitrogens with one attached hydrogen (secondary N) is 1. The van der Waals surface area contributed by atoms with Crippen LogP contribution < -0.4 is 10.2 Å². The molecule has 0 unspecified atom stereocenters. The zero-order valence-electron chi connectivity index (χ0n) is 15.1. The molecule has 1 amide bonds. The van der Waals surface area contributed by atoms with E-state index < -0.39 is 0 Å². The molecular formula is C17H24N6O2S. The van der Waals surface area contributed by atoms with E-state index in [1.807, 2.05) is 0 Å². The van der Waals surface area contributed by atoms with Crippen LogP contribution in [0.2, 0.25) is 0 Å². The number of anilines is 2. The summed E-state index contributed by atoms with van der Waals surface area (Å²) in [6, 6.07) is 2.17. The summed E-state index contributed by atoms with van der Waals surface area (Å²) in [5.41, 5.74) is 0. The minimum absolute atomic E-state index is 0.123. The summed E-state index contributed by atoms with van der Waals surface area (Å²) in [5.74, 6) is 3.01. The molecule has 1 aliphatic carbocycles. The first-order valence-electron chi connectivity index (χ1n) is 9.16. The third-order valence-electron chi connectivity index (χ3n) is 4.85. The molecule has 9 heteroatoms. The van der Waals surface area contributed by atoms with Gasteiger partial charge in [-0.3, -0.25) is 9.36 Å². The highest BCUT2D eigenvalue weighted by Gasteiger charge is 2.32. The predicted molar refractivity (Wildman–Crippen MR) is 99.5 cm³/mol. The lowest BCUT2D eigenvalue weighted by atomic mass is 10.00. The Morgan fingerprint density at radius 1 is 1.31 bits per heavy atom. The van der Waals surface area contributed by atoms with Crippen LogP contribution in [0.25, 0.3) is 0 Å². The molecule has 26 heavy (non-hydrogen) atoms. The highest BCUT2D eigenvalue weighted by atomic mass is 32.2. The number of hydrogen-bond donors (Lipinski definition) is 1. The molecule has 0 spiro atoms. The van der Waals surface area contributed by atoms with E-state index in [-0.39, 0.29) is 11.7 Å². The molecule has 1 saturated carbocycles. The monoisotopic (exact) mass is 376 g/mol. The minimum Gasteiger partial charge on any atom is -0.360 e. The third-order valence-corrected chi connectivity index (χ3v) is 5.80. The Hall–Kier alpha value is -2.03. The molecule has 0 atom stereocenters. The van der Waals surface area contributed by atoms with Gasteiger partial charge in [0.15, 0.2) is 11.0 Å². The molecule has 4 rings (SSSR count). The van der Waals surface area contributed by atoms with Crippen LogP contribution in [0.3, 0.4) is 0 Å². The van der Waals surface area contributed by atoms with Crippen LogP contribution in [-0.2, 0) is 4.79 Å². The summed E-state index contributed by atoms with van der Waals surface area (Å²) in [7, 11) is 0. The lowest BCUT2D eigenvalue weighted by molar-refractivity contribution is -0.113. The van der Waals surface area contributed by atoms with E-state index in [9.17, 15) is 4.79 Å². The van der Waals surface area contributed by atoms with Gasteiger partial charge in [-0.2, -0.15) is 0 Å². The number of hydrogen-bond acceptors (Lipinski definition) is 7. The molecule has 2 aromatic heterocycles. The summed E-state index contributed by atoms with van der Waals surface area (Å²) in [6.45, 7) is 6.16. The van der Waals surface area contributed by atoms with Crippen molar-refractivity contribution >= 4 is 29.4 Å². The lowest BCUT2D eigenvalue weighted by Gasteiger charge is -2.31. The lowest BCUT2D eigenvalue weighted by Crippen LogP contribution is -2.34. The van der Waals surface area contributed by atoms with Gasteiger partial charge in [-0.25, -0.2) is 0 Å². The van der Waals surface area contributed by atoms with E-state index in [2.05, 4.69) is 37.1 Å². The summed E-state index contributed by atoms with van der Waals surface area (Å²) in [4.78, 5) is 14.5. The fraction of sp³-hybridized carbons (Fsp3) is 0.647. The summed E-state index contributed by atoms with van der Waals surface area (Å²) < 4.78 is 7.19. The molecule has 2 aromatic rings. The van der Waals surface area contributed by atoms with Crippen molar-refractivity contribution in [2.75, 3.05) is 29.1 Å². The maximum Gasteiger partial charge on any atom is 0.236 e. The Labute approximate surface area is 156 Å². The van der Waals surface area contributed by atoms with Gasteiger partial charge in [-0.15, -0.1) is 10.2 Å². The summed E-state index contributed by atoms with van der Waals surface area (Å²) in [5, 5.41) is 16.2. The number of carbonyl (C=O) groups excluding carboxylic acids is 1. The highest BCUT2D eigenvalue weighted by Crippen LogP contribution is 2.41. The van der Waals surface area contributed by atoms with Gasteiger partial charge < -0.3 is 14.7 Å². The van der Waals surface area contributed by atoms with E-state index in [0.29, 0.717) is 17.6 Å². The topological polar surface area (TPSA) is 89.1 Å². The Morgan fingerprint density at radius 2 is 2.08 bits per heavy atom. The zero-order valence-corrected chi connectivity index (χ0v) is 16.0. The molecule has 1 aliphatic heterocycles. The van der Waals surface area contributed by atoms with Crippen LogP contribution >= 0.6 is 11.8 Å². The van der Waals surface area contributed by atoms with Crippen molar-refractivity contribution in [2.45, 2.75) is 50.7 Å². The number of thioether (sulfide) groups is 1. The molecule has 0 radical (unpaired) electrons. The smallest absolute Gasteiger partial charge is 0.236 e. The summed E-state index contributed by atoms with van der Waals surface area (Å²) in [6.07, 6.45) is 4.71. The van der Waals surface area contributed by atoms with Gasteiger partial charge in [0.2, 0.25) is 11.9 Å². The number of aryl methyl sites for hydroxylation is 1. The van der Waals surface area contributed by atoms with Gasteiger partial charge in [0.25, 0.3) is 0 Å². The van der Waals surface area contributed by atoms with Crippen LogP contribution in [0.4, 0.5) is 11.8 Å². The first-order valence-corrected chi connectivity index (χ1v) is 10.1. The largest absolute Gasteiger partial charge is 0.360 e. The van der Waals surface area contributed by atoms with Gasteiger partial charge in [0.1, 0.15) is 5.76 Å². The molecule has 0 bridgehead atoms. The van der Waals surface area contributed by atoms with Gasteiger partial charge in [-0.05, 0) is 38.5 Å². The summed E-state index contributed by atoms with van der Waals surface area (Å²) >= 11 is 1.43. The Balaban J connectivity index is 1.41. The molecule has 0 aromatic carbocycles. The Kier molecular flexibility index (Phi) is 4.88. The first-order chi connectivity index (χ1) is 12.6. The molecule has 3 heterocycles. The van der Waals surface area contributed by atoms with Crippen molar-refractivity contribution in [1.82, 2.24) is 19.9 Å². The first kappa shape index (κ1) is 17.4. The predicted octanol–water partition coefficient (Wildman–Crippen LogP) is 2.88. The van der Waals surface area contributed by atoms with E-state index >= 15 is 0 Å². The van der Waals surface area contributed by atoms with Crippen molar-refractivity contribution in [3.8, 4) is 0 Å². The van der Waals surface area contributed by atoms with Crippen LogP contribution in [0.15, 0.2) is 15.7 Å². The molecule has 2 fully saturated rings. The minimum atomic E-state index is -0.123. The Bertz CT molecular complexity index is 776. The molecule has 1 saturated heterocycles. The fourth-order valence-electron chi connectivity index (χ4n) is 3.18. The molecule has 8 nitrogen and oxygen atoms in total. The van der Waals surface area contributed by atoms with Crippen LogP contribution in [-0.4, -0.2) is 44.7 Å². The van der Waals surface area contributed by atoms with Crippen molar-refractivity contribution in [3.05, 3.63) is 11.8 Å². The molecule has 2 aliphatic rings. The van der Waals surface area contributed by atoms with E-state index in [1.165, 1.54) is 24.6 Å². The number of amides is 1. The van der Waals surface area contributed by atoms with Crippen molar-refractivity contribution in [3.63, 3.8) is 0 Å².